The minimum absolute atomic E-state index is 0.0801. The monoisotopic (exact) mass is 308 g/mol. The van der Waals surface area contributed by atoms with E-state index in [-0.39, 0.29) is 5.04 Å². The van der Waals surface area contributed by atoms with Crippen molar-refractivity contribution in [1.29, 1.82) is 0 Å². The van der Waals surface area contributed by atoms with Crippen LogP contribution in [0.15, 0.2) is 0 Å². The highest BCUT2D eigenvalue weighted by atomic mass is 28.4. The minimum atomic E-state index is -2.21. The van der Waals surface area contributed by atoms with Gasteiger partial charge in [-0.1, -0.05) is 13.8 Å². The van der Waals surface area contributed by atoms with Gasteiger partial charge in [0.1, 0.15) is 11.2 Å². The predicted molar refractivity (Wildman–Crippen MR) is 85.0 cm³/mol. The summed E-state index contributed by atoms with van der Waals surface area (Å²) in [6.45, 7) is 10.0. The van der Waals surface area contributed by atoms with Crippen molar-refractivity contribution in [3.05, 3.63) is 11.5 Å². The number of rotatable bonds is 5. The molecule has 6 nitrogen and oxygen atoms in total. The smallest absolute Gasteiger partial charge is 0.228 e. The minimum Gasteiger partial charge on any atom is -0.480 e. The third kappa shape index (κ3) is 3.08. The number of aromatic nitrogens is 4. The molecule has 0 radical (unpaired) electrons. The summed E-state index contributed by atoms with van der Waals surface area (Å²) in [5.74, 6) is 1.20. The van der Waals surface area contributed by atoms with Gasteiger partial charge in [-0.2, -0.15) is 10.1 Å². The standard InChI is InChI=1S/C14H24N4O2Si/c1-9-15-12-11(13(16-9)20-4)10(17-18-12)7-8-14(2,3)21(5,6)19/h19H,7-8H2,1-6H3,(H,15,16,17,18). The fourth-order valence-electron chi connectivity index (χ4n) is 2.13. The predicted octanol–water partition coefficient (Wildman–Crippen LogP) is 2.58. The lowest BCUT2D eigenvalue weighted by molar-refractivity contribution is 0.401. The first-order valence-electron chi connectivity index (χ1n) is 7.13. The van der Waals surface area contributed by atoms with E-state index >= 15 is 0 Å². The summed E-state index contributed by atoms with van der Waals surface area (Å²) in [5.41, 5.74) is 1.60. The molecule has 0 saturated heterocycles. The lowest BCUT2D eigenvalue weighted by atomic mass is 10.0. The van der Waals surface area contributed by atoms with Crippen LogP contribution in [0.4, 0.5) is 0 Å². The van der Waals surface area contributed by atoms with Crippen molar-refractivity contribution < 1.29 is 9.53 Å². The molecular formula is C14H24N4O2Si. The van der Waals surface area contributed by atoms with Crippen molar-refractivity contribution in [3.8, 4) is 5.88 Å². The highest BCUT2D eigenvalue weighted by Gasteiger charge is 2.37. The third-order valence-corrected chi connectivity index (χ3v) is 7.98. The molecule has 21 heavy (non-hydrogen) atoms. The summed E-state index contributed by atoms with van der Waals surface area (Å²) in [7, 11) is -0.611. The van der Waals surface area contributed by atoms with Crippen LogP contribution in [0.2, 0.25) is 18.1 Å². The van der Waals surface area contributed by atoms with E-state index in [1.54, 1.807) is 7.11 Å². The molecule has 0 aliphatic heterocycles. The molecule has 0 aromatic carbocycles. The second-order valence-electron chi connectivity index (χ2n) is 6.62. The molecule has 7 heteroatoms. The second kappa shape index (κ2) is 5.38. The highest BCUT2D eigenvalue weighted by Crippen LogP contribution is 2.40. The first-order chi connectivity index (χ1) is 9.65. The summed E-state index contributed by atoms with van der Waals surface area (Å²) in [6, 6.07) is 0. The quantitative estimate of drug-likeness (QED) is 0.829. The molecule has 116 valence electrons. The largest absolute Gasteiger partial charge is 0.480 e. The molecule has 0 fully saturated rings. The number of fused-ring (bicyclic) bond motifs is 1. The van der Waals surface area contributed by atoms with Gasteiger partial charge in [0.2, 0.25) is 5.88 Å². The average Bonchev–Trinajstić information content (AvgIpc) is 2.77. The summed E-state index contributed by atoms with van der Waals surface area (Å²) in [4.78, 5) is 19.0. The van der Waals surface area contributed by atoms with Crippen LogP contribution in [0, 0.1) is 6.92 Å². The Morgan fingerprint density at radius 3 is 2.52 bits per heavy atom. The van der Waals surface area contributed by atoms with Crippen LogP contribution >= 0.6 is 0 Å². The molecule has 0 aliphatic carbocycles. The molecule has 2 aromatic rings. The summed E-state index contributed by atoms with van der Waals surface area (Å²) in [6.07, 6.45) is 1.65. The Morgan fingerprint density at radius 1 is 1.29 bits per heavy atom. The highest BCUT2D eigenvalue weighted by molar-refractivity contribution is 6.72. The van der Waals surface area contributed by atoms with Crippen LogP contribution in [0.1, 0.15) is 31.8 Å². The number of nitrogens with one attached hydrogen (secondary N) is 1. The van der Waals surface area contributed by atoms with Gasteiger partial charge in [0.15, 0.2) is 14.0 Å². The van der Waals surface area contributed by atoms with Gasteiger partial charge in [-0.15, -0.1) is 0 Å². The number of hydrogen-bond acceptors (Lipinski definition) is 5. The van der Waals surface area contributed by atoms with Crippen molar-refractivity contribution >= 4 is 19.4 Å². The summed E-state index contributed by atoms with van der Waals surface area (Å²) < 4.78 is 5.35. The van der Waals surface area contributed by atoms with Gasteiger partial charge in [-0.25, -0.2) is 4.98 Å². The Morgan fingerprint density at radius 2 is 1.95 bits per heavy atom. The SMILES string of the molecule is COc1nc(C)nc2n[nH]c(CCC(C)(C)[Si](C)(C)O)c12. The first-order valence-corrected chi connectivity index (χ1v) is 10.1. The van der Waals surface area contributed by atoms with E-state index in [1.807, 2.05) is 20.0 Å². The zero-order chi connectivity index (χ0) is 15.8. The van der Waals surface area contributed by atoms with Crippen LogP contribution in [0.25, 0.3) is 11.0 Å². The van der Waals surface area contributed by atoms with Crippen LogP contribution in [0.5, 0.6) is 5.88 Å². The maximum Gasteiger partial charge on any atom is 0.228 e. The molecule has 0 saturated carbocycles. The Balaban J connectivity index is 2.32. The summed E-state index contributed by atoms with van der Waals surface area (Å²) >= 11 is 0. The maximum atomic E-state index is 10.4. The normalized spacial score (nSPS) is 12.9. The van der Waals surface area contributed by atoms with Crippen molar-refractivity contribution in [2.45, 2.75) is 51.7 Å². The molecule has 2 N–H and O–H groups in total. The zero-order valence-electron chi connectivity index (χ0n) is 13.6. The molecule has 2 rings (SSSR count). The van der Waals surface area contributed by atoms with E-state index in [0.717, 1.165) is 23.9 Å². The van der Waals surface area contributed by atoms with Gasteiger partial charge in [-0.05, 0) is 37.9 Å². The number of hydrogen-bond donors (Lipinski definition) is 2. The third-order valence-electron chi connectivity index (χ3n) is 4.42. The molecule has 0 amide bonds. The molecule has 2 heterocycles. The number of H-pyrrole nitrogens is 1. The van der Waals surface area contributed by atoms with Crippen molar-refractivity contribution in [3.63, 3.8) is 0 Å². The molecule has 0 spiro atoms. The molecule has 0 bridgehead atoms. The lowest BCUT2D eigenvalue weighted by Gasteiger charge is -2.34. The van der Waals surface area contributed by atoms with Gasteiger partial charge in [0, 0.05) is 0 Å². The molecule has 0 unspecified atom stereocenters. The Bertz CT molecular complexity index is 646. The van der Waals surface area contributed by atoms with Gasteiger partial charge in [0.05, 0.1) is 12.8 Å². The second-order valence-corrected chi connectivity index (χ2v) is 11.1. The fourth-order valence-corrected chi connectivity index (χ4v) is 2.86. The van der Waals surface area contributed by atoms with Crippen LogP contribution < -0.4 is 4.74 Å². The number of ether oxygens (including phenoxy) is 1. The molecular weight excluding hydrogens is 284 g/mol. The number of nitrogens with zero attached hydrogens (tertiary/aromatic N) is 3. The molecule has 0 atom stereocenters. The Kier molecular flexibility index (Phi) is 4.07. The van der Waals surface area contributed by atoms with Gasteiger partial charge < -0.3 is 9.53 Å². The van der Waals surface area contributed by atoms with Crippen molar-refractivity contribution in [1.82, 2.24) is 20.2 Å². The maximum absolute atomic E-state index is 10.4. The summed E-state index contributed by atoms with van der Waals surface area (Å²) in [5, 5.41) is 8.05. The number of methoxy groups -OCH3 is 1. The first kappa shape index (κ1) is 15.9. The van der Waals surface area contributed by atoms with E-state index in [1.165, 1.54) is 0 Å². The number of aromatic amines is 1. The topological polar surface area (TPSA) is 83.9 Å². The zero-order valence-corrected chi connectivity index (χ0v) is 14.6. The molecule has 2 aromatic heterocycles. The van der Waals surface area contributed by atoms with Gasteiger partial charge >= 0.3 is 0 Å². The van der Waals surface area contributed by atoms with E-state index < -0.39 is 8.32 Å². The lowest BCUT2D eigenvalue weighted by Crippen LogP contribution is -2.39. The van der Waals surface area contributed by atoms with Crippen LogP contribution in [0.3, 0.4) is 0 Å². The van der Waals surface area contributed by atoms with Crippen LogP contribution in [-0.4, -0.2) is 40.4 Å². The van der Waals surface area contributed by atoms with E-state index in [9.17, 15) is 4.80 Å². The van der Waals surface area contributed by atoms with E-state index in [4.69, 9.17) is 4.74 Å². The Labute approximate surface area is 126 Å². The van der Waals surface area contributed by atoms with E-state index in [0.29, 0.717) is 17.4 Å². The van der Waals surface area contributed by atoms with Gasteiger partial charge in [0.25, 0.3) is 0 Å². The Hall–Kier alpha value is -1.47. The van der Waals surface area contributed by atoms with Crippen molar-refractivity contribution in [2.75, 3.05) is 7.11 Å². The van der Waals surface area contributed by atoms with E-state index in [2.05, 4.69) is 34.0 Å². The average molecular weight is 308 g/mol. The van der Waals surface area contributed by atoms with Gasteiger partial charge in [-0.3, -0.25) is 5.10 Å². The van der Waals surface area contributed by atoms with Crippen molar-refractivity contribution in [2.24, 2.45) is 0 Å². The fraction of sp³-hybridized carbons (Fsp3) is 0.643. The van der Waals surface area contributed by atoms with Crippen LogP contribution in [-0.2, 0) is 6.42 Å². The number of aryl methyl sites for hydroxylation is 2. The molecule has 0 aliphatic rings.